The zero-order valence-electron chi connectivity index (χ0n) is 16.8. The number of rotatable bonds is 6. The number of nitrogens with one attached hydrogen (secondary N) is 2. The van der Waals surface area contributed by atoms with Gasteiger partial charge < -0.3 is 9.73 Å². The number of aryl methyl sites for hydroxylation is 1. The van der Waals surface area contributed by atoms with Crippen LogP contribution in [-0.4, -0.2) is 11.9 Å². The van der Waals surface area contributed by atoms with Crippen LogP contribution in [0.25, 0.3) is 12.2 Å². The van der Waals surface area contributed by atoms with Crippen LogP contribution in [-0.2, 0) is 10.3 Å². The predicted octanol–water partition coefficient (Wildman–Crippen LogP) is 5.35. The van der Waals surface area contributed by atoms with Gasteiger partial charge in [0.1, 0.15) is 0 Å². The van der Waals surface area contributed by atoms with Crippen LogP contribution in [0.15, 0.2) is 75.1 Å². The van der Waals surface area contributed by atoms with Crippen LogP contribution in [0, 0.1) is 6.92 Å². The minimum atomic E-state index is -1.17. The molecule has 4 rings (SSSR count). The smallest absolute Gasteiger partial charge is 0.322 e. The lowest BCUT2D eigenvalue weighted by Gasteiger charge is -2.23. The Morgan fingerprint density at radius 2 is 1.80 bits per heavy atom. The van der Waals surface area contributed by atoms with Crippen LogP contribution in [0.1, 0.15) is 35.8 Å². The van der Waals surface area contributed by atoms with Gasteiger partial charge in [0.15, 0.2) is 11.3 Å². The third-order valence-electron chi connectivity index (χ3n) is 5.11. The van der Waals surface area contributed by atoms with E-state index in [-0.39, 0.29) is 5.91 Å². The number of benzene rings is 2. The molecule has 2 N–H and O–H groups in total. The van der Waals surface area contributed by atoms with E-state index in [2.05, 4.69) is 47.9 Å². The number of carbonyl (C=O) groups is 2. The van der Waals surface area contributed by atoms with E-state index in [1.807, 2.05) is 43.3 Å². The molecule has 1 aromatic heterocycles. The number of furan rings is 1. The van der Waals surface area contributed by atoms with E-state index in [9.17, 15) is 9.59 Å². The maximum Gasteiger partial charge on any atom is 0.322 e. The summed E-state index contributed by atoms with van der Waals surface area (Å²) in [6.45, 7) is 3.92. The number of amides is 3. The molecule has 6 heteroatoms. The van der Waals surface area contributed by atoms with Crippen molar-refractivity contribution in [3.8, 4) is 0 Å². The first-order valence-corrected chi connectivity index (χ1v) is 10.6. The predicted molar refractivity (Wildman–Crippen MR) is 118 cm³/mol. The Balaban J connectivity index is 1.52. The lowest BCUT2D eigenvalue weighted by molar-refractivity contribution is -0.125. The van der Waals surface area contributed by atoms with Crippen molar-refractivity contribution in [2.45, 2.75) is 35.6 Å². The Morgan fingerprint density at radius 1 is 1.03 bits per heavy atom. The molecule has 0 bridgehead atoms. The number of imide groups is 1. The summed E-state index contributed by atoms with van der Waals surface area (Å²) in [5.74, 6) is 0.0743. The van der Waals surface area contributed by atoms with Gasteiger partial charge in [-0.1, -0.05) is 72.8 Å². The Kier molecular flexibility index (Phi) is 5.50. The first-order chi connectivity index (χ1) is 14.5. The van der Waals surface area contributed by atoms with Gasteiger partial charge in [0, 0.05) is 4.90 Å². The summed E-state index contributed by atoms with van der Waals surface area (Å²) in [7, 11) is 0. The van der Waals surface area contributed by atoms with Gasteiger partial charge in [0.2, 0.25) is 0 Å². The molecule has 152 valence electrons. The summed E-state index contributed by atoms with van der Waals surface area (Å²) >= 11 is 1.50. The van der Waals surface area contributed by atoms with Crippen LogP contribution >= 0.6 is 11.8 Å². The molecule has 5 nitrogen and oxygen atoms in total. The second-order valence-corrected chi connectivity index (χ2v) is 8.32. The highest BCUT2D eigenvalue weighted by Crippen LogP contribution is 2.39. The Labute approximate surface area is 179 Å². The van der Waals surface area contributed by atoms with Crippen LogP contribution < -0.4 is 10.6 Å². The molecular weight excluding hydrogens is 396 g/mol. The van der Waals surface area contributed by atoms with Crippen LogP contribution in [0.3, 0.4) is 0 Å². The molecule has 1 aliphatic rings. The van der Waals surface area contributed by atoms with E-state index in [0.29, 0.717) is 12.2 Å². The normalized spacial score (nSPS) is 18.6. The van der Waals surface area contributed by atoms with Gasteiger partial charge in [-0.3, -0.25) is 10.1 Å². The topological polar surface area (TPSA) is 71.3 Å². The Bertz CT molecular complexity index is 1120. The van der Waals surface area contributed by atoms with E-state index in [1.165, 1.54) is 22.9 Å². The molecule has 2 heterocycles. The molecule has 0 aliphatic carbocycles. The van der Waals surface area contributed by atoms with Crippen LogP contribution in [0.4, 0.5) is 4.79 Å². The van der Waals surface area contributed by atoms with Crippen molar-refractivity contribution in [1.29, 1.82) is 0 Å². The maximum atomic E-state index is 12.4. The van der Waals surface area contributed by atoms with Crippen molar-refractivity contribution in [3.05, 3.63) is 83.3 Å². The SMILES string of the molecule is CCC1(c2occc2Sc2ccc(/C=C/c3cccc(C)c3)cc2)NC(=O)NC1=O. The van der Waals surface area contributed by atoms with Crippen molar-refractivity contribution in [3.63, 3.8) is 0 Å². The third kappa shape index (κ3) is 3.91. The van der Waals surface area contributed by atoms with E-state index in [0.717, 1.165) is 15.4 Å². The lowest BCUT2D eigenvalue weighted by atomic mass is 9.93. The minimum absolute atomic E-state index is 0.386. The van der Waals surface area contributed by atoms with Gasteiger partial charge in [0.05, 0.1) is 11.2 Å². The van der Waals surface area contributed by atoms with E-state index in [4.69, 9.17) is 4.42 Å². The molecule has 30 heavy (non-hydrogen) atoms. The van der Waals surface area contributed by atoms with Gasteiger partial charge >= 0.3 is 6.03 Å². The van der Waals surface area contributed by atoms with E-state index < -0.39 is 11.6 Å². The molecule has 1 saturated heterocycles. The van der Waals surface area contributed by atoms with Gasteiger partial charge in [0.25, 0.3) is 5.91 Å². The number of hydrogen-bond acceptors (Lipinski definition) is 4. The monoisotopic (exact) mass is 418 g/mol. The number of urea groups is 1. The fourth-order valence-corrected chi connectivity index (χ4v) is 4.45. The molecule has 0 radical (unpaired) electrons. The van der Waals surface area contributed by atoms with Crippen LogP contribution in [0.5, 0.6) is 0 Å². The number of carbonyl (C=O) groups excluding carboxylic acids is 2. The van der Waals surface area contributed by atoms with Gasteiger partial charge in [-0.05, 0) is 42.7 Å². The summed E-state index contributed by atoms with van der Waals surface area (Å²) in [5, 5.41) is 5.04. The lowest BCUT2D eigenvalue weighted by Crippen LogP contribution is -2.43. The average Bonchev–Trinajstić information content (AvgIpc) is 3.31. The van der Waals surface area contributed by atoms with E-state index in [1.54, 1.807) is 6.26 Å². The summed E-state index contributed by atoms with van der Waals surface area (Å²) in [4.78, 5) is 26.0. The summed E-state index contributed by atoms with van der Waals surface area (Å²) in [5.41, 5.74) is 2.33. The average molecular weight is 419 g/mol. The van der Waals surface area contributed by atoms with E-state index >= 15 is 0 Å². The van der Waals surface area contributed by atoms with Crippen LogP contribution in [0.2, 0.25) is 0 Å². The fourth-order valence-electron chi connectivity index (χ4n) is 3.49. The van der Waals surface area contributed by atoms with Crippen molar-refractivity contribution in [2.24, 2.45) is 0 Å². The molecule has 2 aromatic carbocycles. The Morgan fingerprint density at radius 3 is 2.47 bits per heavy atom. The summed E-state index contributed by atoms with van der Waals surface area (Å²) in [6.07, 6.45) is 6.12. The molecule has 0 spiro atoms. The molecule has 1 atom stereocenters. The largest absolute Gasteiger partial charge is 0.465 e. The van der Waals surface area contributed by atoms with Gasteiger partial charge in [-0.2, -0.15) is 0 Å². The summed E-state index contributed by atoms with van der Waals surface area (Å²) in [6, 6.07) is 17.8. The highest BCUT2D eigenvalue weighted by molar-refractivity contribution is 7.99. The molecular formula is C24H22N2O3S. The quantitative estimate of drug-likeness (QED) is 0.418. The van der Waals surface area contributed by atoms with Crippen molar-refractivity contribution in [2.75, 3.05) is 0 Å². The first-order valence-electron chi connectivity index (χ1n) is 9.74. The molecule has 1 aliphatic heterocycles. The highest BCUT2D eigenvalue weighted by atomic mass is 32.2. The first kappa shape index (κ1) is 20.0. The molecule has 1 unspecified atom stereocenters. The minimum Gasteiger partial charge on any atom is -0.465 e. The van der Waals surface area contributed by atoms with Crippen molar-refractivity contribution in [1.82, 2.24) is 10.6 Å². The van der Waals surface area contributed by atoms with Crippen molar-refractivity contribution < 1.29 is 14.0 Å². The third-order valence-corrected chi connectivity index (χ3v) is 6.16. The maximum absolute atomic E-state index is 12.4. The van der Waals surface area contributed by atoms with Gasteiger partial charge in [-0.25, -0.2) is 4.79 Å². The fraction of sp³-hybridized carbons (Fsp3) is 0.167. The van der Waals surface area contributed by atoms with Gasteiger partial charge in [-0.15, -0.1) is 0 Å². The second kappa shape index (κ2) is 8.24. The summed E-state index contributed by atoms with van der Waals surface area (Å²) < 4.78 is 5.65. The zero-order chi connectivity index (χ0) is 21.1. The van der Waals surface area contributed by atoms with Crippen molar-refractivity contribution >= 4 is 35.9 Å². The highest BCUT2D eigenvalue weighted by Gasteiger charge is 2.50. The standard InChI is InChI=1S/C24H22N2O3S/c1-3-24(22(27)25-23(28)26-24)21-20(13-14-29-21)30-19-11-9-17(10-12-19)7-8-18-6-4-5-16(2)15-18/h4-15H,3H2,1-2H3,(H2,25,26,27,28)/b8-7+. The molecule has 3 aromatic rings. The molecule has 1 fully saturated rings. The Hall–Kier alpha value is -3.25. The number of hydrogen-bond donors (Lipinski definition) is 2. The second-order valence-electron chi connectivity index (χ2n) is 7.20. The molecule has 3 amide bonds. The zero-order valence-corrected chi connectivity index (χ0v) is 17.6. The molecule has 0 saturated carbocycles.